The maximum Gasteiger partial charge on any atom is 0.382 e. The molecule has 0 amide bonds. The van der Waals surface area contributed by atoms with Crippen LogP contribution in [0.5, 0.6) is 0 Å². The lowest BCUT2D eigenvalue weighted by atomic mass is 10.7. The average Bonchev–Trinajstić information content (AvgIpc) is 2.34. The van der Waals surface area contributed by atoms with Gasteiger partial charge in [-0.05, 0) is 0 Å². The molecule has 0 aromatic carbocycles. The first-order valence-electron chi connectivity index (χ1n) is 2.88. The molecule has 0 aliphatic carbocycles. The minimum atomic E-state index is -2.86. The smallest absolute Gasteiger partial charge is 0.382 e. The number of carbonyl (C=O) groups is 2. The summed E-state index contributed by atoms with van der Waals surface area (Å²) in [5, 5.41) is 14.5. The summed E-state index contributed by atoms with van der Waals surface area (Å²) in [7, 11) is -2.86. The van der Waals surface area contributed by atoms with Gasteiger partial charge in [-0.15, -0.1) is 0 Å². The van der Waals surface area contributed by atoms with Crippen LogP contribution in [0.15, 0.2) is 0 Å². The van der Waals surface area contributed by atoms with Crippen LogP contribution in [0.25, 0.3) is 0 Å². The summed E-state index contributed by atoms with van der Waals surface area (Å²) < 4.78 is 4.88. The van der Waals surface area contributed by atoms with Gasteiger partial charge in [0.15, 0.2) is 0 Å². The van der Waals surface area contributed by atoms with Crippen LogP contribution in [-0.4, -0.2) is 33.9 Å². The van der Waals surface area contributed by atoms with E-state index in [0.717, 1.165) is 0 Å². The Morgan fingerprint density at radius 2 is 1.45 bits per heavy atom. The Kier molecular flexibility index (Phi) is 2.03. The van der Waals surface area contributed by atoms with Gasteiger partial charge in [0.2, 0.25) is 0 Å². The Morgan fingerprint density at radius 3 is 1.64 bits per heavy atom. The van der Waals surface area contributed by atoms with E-state index in [1.807, 2.05) is 0 Å². The molecule has 1 heterocycles. The monoisotopic (exact) mass is 180 g/mol. The second-order valence-corrected chi connectivity index (χ2v) is 4.43. The Bertz CT molecular complexity index is 184. The van der Waals surface area contributed by atoms with Gasteiger partial charge in [-0.3, -0.25) is 9.44 Å². The van der Waals surface area contributed by atoms with E-state index in [4.69, 9.17) is 10.2 Å². The molecule has 0 unspecified atom stereocenters. The van der Waals surface area contributed by atoms with Crippen LogP contribution in [0, 0.1) is 0 Å². The zero-order valence-corrected chi connectivity index (χ0v) is 6.35. The van der Waals surface area contributed by atoms with Crippen molar-refractivity contribution in [2.45, 2.75) is 0 Å². The lowest BCUT2D eigenvalue weighted by Crippen LogP contribution is -2.33. The van der Waals surface area contributed by atoms with Crippen LogP contribution in [0.3, 0.4) is 0 Å². The topological polar surface area (TPSA) is 98.7 Å². The summed E-state index contributed by atoms with van der Waals surface area (Å²) in [6.07, 6.45) is 0. The zero-order valence-electron chi connectivity index (χ0n) is 5.53. The van der Waals surface area contributed by atoms with E-state index in [0.29, 0.717) is 13.1 Å². The molecule has 64 valence electrons. The Hall–Kier alpha value is -0.790. The zero-order chi connectivity index (χ0) is 8.48. The Balaban J connectivity index is 2.87. The van der Waals surface area contributed by atoms with Crippen molar-refractivity contribution >= 4 is 21.0 Å². The molecule has 11 heavy (non-hydrogen) atoms. The first-order valence-corrected chi connectivity index (χ1v) is 4.51. The first kappa shape index (κ1) is 8.31. The van der Waals surface area contributed by atoms with Crippen LogP contribution in [0.1, 0.15) is 0 Å². The van der Waals surface area contributed by atoms with E-state index < -0.39 is 21.0 Å². The maximum absolute atomic E-state index is 10.5. The van der Waals surface area contributed by atoms with Crippen molar-refractivity contribution in [1.82, 2.24) is 9.44 Å². The number of hydrogen-bond acceptors (Lipinski definition) is 4. The highest BCUT2D eigenvalue weighted by molar-refractivity contribution is 8.52. The highest BCUT2D eigenvalue weighted by Gasteiger charge is 2.42. The third kappa shape index (κ3) is 1.17. The van der Waals surface area contributed by atoms with E-state index in [9.17, 15) is 9.59 Å². The van der Waals surface area contributed by atoms with Crippen LogP contribution in [0.2, 0.25) is 0 Å². The second-order valence-electron chi connectivity index (χ2n) is 1.93. The largest absolute Gasteiger partial charge is 0.472 e. The quantitative estimate of drug-likeness (QED) is 0.424. The van der Waals surface area contributed by atoms with E-state index in [2.05, 4.69) is 9.44 Å². The van der Waals surface area contributed by atoms with Gasteiger partial charge in [-0.2, -0.15) is 0 Å². The summed E-state index contributed by atoms with van der Waals surface area (Å²) in [6, 6.07) is 0. The molecule has 0 spiro atoms. The third-order valence-electron chi connectivity index (χ3n) is 1.29. The molecular formula is C4H8N2O4S. The molecule has 1 rings (SSSR count). The summed E-state index contributed by atoms with van der Waals surface area (Å²) in [5.41, 5.74) is 0. The van der Waals surface area contributed by atoms with E-state index in [1.165, 1.54) is 0 Å². The van der Waals surface area contributed by atoms with Crippen molar-refractivity contribution < 1.29 is 19.8 Å². The van der Waals surface area contributed by atoms with Crippen molar-refractivity contribution in [2.75, 3.05) is 13.1 Å². The highest BCUT2D eigenvalue weighted by Crippen LogP contribution is 2.42. The molecule has 1 aliphatic rings. The molecular weight excluding hydrogens is 172 g/mol. The van der Waals surface area contributed by atoms with E-state index in [1.54, 1.807) is 0 Å². The fraction of sp³-hybridized carbons (Fsp3) is 0.500. The van der Waals surface area contributed by atoms with Crippen molar-refractivity contribution in [2.24, 2.45) is 0 Å². The van der Waals surface area contributed by atoms with Crippen LogP contribution < -0.4 is 9.44 Å². The lowest BCUT2D eigenvalue weighted by molar-refractivity contribution is 0.214. The third-order valence-corrected chi connectivity index (χ3v) is 3.61. The second kappa shape index (κ2) is 2.68. The summed E-state index contributed by atoms with van der Waals surface area (Å²) in [4.78, 5) is 21.0. The van der Waals surface area contributed by atoms with Crippen molar-refractivity contribution in [3.63, 3.8) is 0 Å². The molecule has 7 heteroatoms. The molecule has 0 atom stereocenters. The molecule has 0 radical (unpaired) electrons. The standard InChI is InChI=1S/C4H8N2O4S/c7-3(8)11(4(9)10)5-1-2-6-11/h5-6H,1-2H2,(H,7,8)(H,9,10). The van der Waals surface area contributed by atoms with Crippen LogP contribution in [0.4, 0.5) is 9.59 Å². The Morgan fingerprint density at radius 1 is 1.09 bits per heavy atom. The summed E-state index contributed by atoms with van der Waals surface area (Å²) in [6.45, 7) is 0.766. The SMILES string of the molecule is O=C(O)S1(C(=O)O)NCCN1. The average molecular weight is 180 g/mol. The number of hydrogen-bond donors (Lipinski definition) is 4. The van der Waals surface area contributed by atoms with Crippen molar-refractivity contribution in [3.05, 3.63) is 0 Å². The van der Waals surface area contributed by atoms with Gasteiger partial charge < -0.3 is 10.2 Å². The molecule has 0 bridgehead atoms. The number of nitrogens with one attached hydrogen (secondary N) is 2. The highest BCUT2D eigenvalue weighted by atomic mass is 32.3. The first-order chi connectivity index (χ1) is 5.09. The molecule has 4 N–H and O–H groups in total. The van der Waals surface area contributed by atoms with Crippen LogP contribution >= 0.6 is 10.4 Å². The van der Waals surface area contributed by atoms with Gasteiger partial charge in [0.05, 0.1) is 10.4 Å². The predicted octanol–water partition coefficient (Wildman–Crippen LogP) is 0.170. The van der Waals surface area contributed by atoms with Crippen LogP contribution in [-0.2, 0) is 0 Å². The van der Waals surface area contributed by atoms with Crippen molar-refractivity contribution in [1.29, 1.82) is 0 Å². The number of carboxylic acid groups (broad SMARTS) is 2. The van der Waals surface area contributed by atoms with Gasteiger partial charge in [-0.25, -0.2) is 9.59 Å². The fourth-order valence-corrected chi connectivity index (χ4v) is 2.34. The molecule has 0 aromatic rings. The van der Waals surface area contributed by atoms with Gasteiger partial charge in [0.1, 0.15) is 0 Å². The number of rotatable bonds is 0. The molecule has 1 fully saturated rings. The van der Waals surface area contributed by atoms with E-state index >= 15 is 0 Å². The normalized spacial score (nSPS) is 24.4. The molecule has 1 saturated heterocycles. The fourth-order valence-electron chi connectivity index (χ4n) is 0.781. The van der Waals surface area contributed by atoms with Gasteiger partial charge in [-0.1, -0.05) is 0 Å². The predicted molar refractivity (Wildman–Crippen MR) is 39.6 cm³/mol. The van der Waals surface area contributed by atoms with Crippen molar-refractivity contribution in [3.8, 4) is 0 Å². The molecule has 1 aliphatic heterocycles. The molecule has 6 nitrogen and oxygen atoms in total. The van der Waals surface area contributed by atoms with Gasteiger partial charge in [0, 0.05) is 13.1 Å². The van der Waals surface area contributed by atoms with Gasteiger partial charge >= 0.3 is 10.6 Å². The molecule has 0 saturated carbocycles. The summed E-state index contributed by atoms with van der Waals surface area (Å²) in [5.74, 6) is 0. The lowest BCUT2D eigenvalue weighted by Gasteiger charge is -2.23. The maximum atomic E-state index is 10.5. The minimum Gasteiger partial charge on any atom is -0.472 e. The minimum absolute atomic E-state index is 0.383. The molecule has 0 aromatic heterocycles. The van der Waals surface area contributed by atoms with E-state index in [-0.39, 0.29) is 0 Å². The Labute approximate surface area is 64.2 Å². The summed E-state index contributed by atoms with van der Waals surface area (Å²) >= 11 is 0. The van der Waals surface area contributed by atoms with Gasteiger partial charge in [0.25, 0.3) is 0 Å².